The van der Waals surface area contributed by atoms with Gasteiger partial charge < -0.3 is 15.1 Å². The minimum absolute atomic E-state index is 0.0548. The predicted molar refractivity (Wildman–Crippen MR) is 148 cm³/mol. The van der Waals surface area contributed by atoms with Crippen LogP contribution >= 0.6 is 11.6 Å². The number of hydrogen-bond donors (Lipinski definition) is 2. The Bertz CT molecular complexity index is 1710. The molecule has 2 heterocycles. The van der Waals surface area contributed by atoms with E-state index >= 15 is 0 Å². The largest absolute Gasteiger partial charge is 0.507 e. The maximum Gasteiger partial charge on any atom is 0.339 e. The number of benzene rings is 2. The van der Waals surface area contributed by atoms with Gasteiger partial charge in [0.1, 0.15) is 22.4 Å². The summed E-state index contributed by atoms with van der Waals surface area (Å²) < 4.78 is 84.3. The first-order valence-corrected chi connectivity index (χ1v) is 15.4. The van der Waals surface area contributed by atoms with E-state index < -0.39 is 79.0 Å². The van der Waals surface area contributed by atoms with Crippen molar-refractivity contribution in [2.24, 2.45) is 0 Å². The molecule has 5 rings (SSSR count). The van der Waals surface area contributed by atoms with E-state index in [2.05, 4.69) is 9.97 Å². The molecule has 1 saturated heterocycles. The van der Waals surface area contributed by atoms with Crippen LogP contribution in [-0.2, 0) is 21.4 Å². The van der Waals surface area contributed by atoms with Gasteiger partial charge in [-0.1, -0.05) is 30.9 Å². The number of phenols is 1. The van der Waals surface area contributed by atoms with E-state index in [1.807, 2.05) is 0 Å². The van der Waals surface area contributed by atoms with Gasteiger partial charge in [0.25, 0.3) is 0 Å². The number of aromatic carboxylic acids is 1. The summed E-state index contributed by atoms with van der Waals surface area (Å²) in [6, 6.07) is 1.62. The van der Waals surface area contributed by atoms with Gasteiger partial charge in [-0.2, -0.15) is 4.31 Å². The maximum absolute atomic E-state index is 14.6. The molecule has 1 aromatic heterocycles. The Morgan fingerprint density at radius 2 is 1.64 bits per heavy atom. The molecule has 2 aromatic carbocycles. The minimum Gasteiger partial charge on any atom is -0.507 e. The maximum atomic E-state index is 14.6. The van der Waals surface area contributed by atoms with Crippen molar-refractivity contribution >= 4 is 39.2 Å². The van der Waals surface area contributed by atoms with Crippen molar-refractivity contribution in [2.45, 2.75) is 61.9 Å². The Hall–Kier alpha value is -3.82. The molecule has 1 atom stereocenters. The second-order valence-electron chi connectivity index (χ2n) is 10.5. The fourth-order valence-corrected chi connectivity index (χ4v) is 7.30. The Kier molecular flexibility index (Phi) is 8.82. The Balaban J connectivity index is 1.49. The zero-order chi connectivity index (χ0) is 31.9. The average Bonchev–Trinajstić information content (AvgIpc) is 2.97. The third-order valence-corrected chi connectivity index (χ3v) is 10.1. The number of halogens is 5. The molecule has 16 heteroatoms. The van der Waals surface area contributed by atoms with Crippen LogP contribution < -0.4 is 4.90 Å². The van der Waals surface area contributed by atoms with Crippen LogP contribution in [-0.4, -0.2) is 57.4 Å². The number of hydrogen-bond acceptors (Lipinski definition) is 7. The van der Waals surface area contributed by atoms with Gasteiger partial charge in [0.15, 0.2) is 28.2 Å². The molecule has 1 aliphatic carbocycles. The fourth-order valence-electron chi connectivity index (χ4n) is 5.39. The highest BCUT2D eigenvalue weighted by atomic mass is 35.5. The van der Waals surface area contributed by atoms with E-state index in [1.54, 1.807) is 6.20 Å². The first-order chi connectivity index (χ1) is 20.8. The van der Waals surface area contributed by atoms with E-state index in [-0.39, 0.29) is 30.3 Å². The average molecular weight is 657 g/mol. The van der Waals surface area contributed by atoms with Gasteiger partial charge in [-0.15, -0.1) is 0 Å². The Morgan fingerprint density at radius 1 is 0.977 bits per heavy atom. The number of carbonyl (C=O) groups is 2. The van der Waals surface area contributed by atoms with E-state index in [4.69, 9.17) is 11.6 Å². The van der Waals surface area contributed by atoms with Crippen LogP contribution in [0, 0.1) is 23.3 Å². The number of anilines is 1. The predicted octanol–water partition coefficient (Wildman–Crippen LogP) is 5.13. The highest BCUT2D eigenvalue weighted by Gasteiger charge is 2.48. The number of amides is 1. The molecule has 3 aromatic rings. The second kappa shape index (κ2) is 12.3. The molecule has 44 heavy (non-hydrogen) atoms. The molecule has 1 aliphatic heterocycles. The van der Waals surface area contributed by atoms with Crippen LogP contribution in [0.1, 0.15) is 66.2 Å². The van der Waals surface area contributed by atoms with Crippen molar-refractivity contribution in [1.29, 1.82) is 0 Å². The third kappa shape index (κ3) is 5.71. The number of carboxylic acid groups (broad SMARTS) is 1. The quantitative estimate of drug-likeness (QED) is 0.193. The molecule has 2 N–H and O–H groups in total. The number of aromatic hydroxyl groups is 1. The summed E-state index contributed by atoms with van der Waals surface area (Å²) in [5.41, 5.74) is 0.508. The lowest BCUT2D eigenvalue weighted by Gasteiger charge is -2.41. The van der Waals surface area contributed by atoms with Crippen LogP contribution in [0.2, 0.25) is 5.02 Å². The summed E-state index contributed by atoms with van der Waals surface area (Å²) >= 11 is 5.23. The zero-order valence-electron chi connectivity index (χ0n) is 22.8. The third-order valence-electron chi connectivity index (χ3n) is 7.85. The van der Waals surface area contributed by atoms with Gasteiger partial charge >= 0.3 is 5.97 Å². The summed E-state index contributed by atoms with van der Waals surface area (Å²) in [6.07, 6.45) is 8.07. The first kappa shape index (κ1) is 31.6. The minimum atomic E-state index is -5.31. The van der Waals surface area contributed by atoms with Crippen molar-refractivity contribution in [3.63, 3.8) is 0 Å². The van der Waals surface area contributed by atoms with Gasteiger partial charge in [0, 0.05) is 30.4 Å². The van der Waals surface area contributed by atoms with Gasteiger partial charge in [0.05, 0.1) is 24.1 Å². The molecule has 1 amide bonds. The van der Waals surface area contributed by atoms with Crippen LogP contribution in [0.3, 0.4) is 0 Å². The first-order valence-electron chi connectivity index (χ1n) is 13.5. The summed E-state index contributed by atoms with van der Waals surface area (Å²) in [6.45, 7) is -0.740. The molecular weight excluding hydrogens is 632 g/mol. The second-order valence-corrected chi connectivity index (χ2v) is 12.7. The monoisotopic (exact) mass is 656 g/mol. The standard InChI is InChI=1S/C28H25ClF4N4O6S/c29-21-22(30)24(32)26(25(33)23(21)31)44(42,43)37-9-8-19(37)27(39)36(16-6-7-17(28(40)41)20(38)10-16)13-15-11-35-18(12-34-15)14-4-2-1-3-5-14/h6-7,10-12,14,19,38H,1-5,8-9,13H2,(H,40,41)/t19-/m1/s1. The van der Waals surface area contributed by atoms with Gasteiger partial charge in [-0.25, -0.2) is 30.8 Å². The Labute approximate surface area is 254 Å². The Morgan fingerprint density at radius 3 is 2.16 bits per heavy atom. The van der Waals surface area contributed by atoms with Crippen molar-refractivity contribution < 1.29 is 45.8 Å². The fraction of sp³-hybridized carbons (Fsp3) is 0.357. The van der Waals surface area contributed by atoms with Crippen molar-refractivity contribution in [3.05, 3.63) is 75.8 Å². The summed E-state index contributed by atoms with van der Waals surface area (Å²) in [4.78, 5) is 33.2. The molecular formula is C28H25ClF4N4O6S. The van der Waals surface area contributed by atoms with Crippen molar-refractivity contribution in [1.82, 2.24) is 14.3 Å². The van der Waals surface area contributed by atoms with Gasteiger partial charge in [0.2, 0.25) is 15.9 Å². The zero-order valence-corrected chi connectivity index (χ0v) is 24.4. The molecule has 10 nitrogen and oxygen atoms in total. The SMILES string of the molecule is O=C(O)c1ccc(N(Cc2cnc(C3CCCCC3)cn2)C(=O)[C@H]2CCN2S(=O)(=O)c2c(F)c(F)c(Cl)c(F)c2F)cc1O. The summed E-state index contributed by atoms with van der Waals surface area (Å²) in [5.74, 6) is -11.6. The van der Waals surface area contributed by atoms with Crippen molar-refractivity contribution in [2.75, 3.05) is 11.4 Å². The van der Waals surface area contributed by atoms with Crippen LogP contribution in [0.4, 0.5) is 23.2 Å². The molecule has 2 fully saturated rings. The molecule has 0 unspecified atom stereocenters. The molecule has 2 aliphatic rings. The molecule has 234 valence electrons. The number of nitrogens with zero attached hydrogens (tertiary/aromatic N) is 4. The number of sulfonamides is 1. The lowest BCUT2D eigenvalue weighted by Crippen LogP contribution is -2.59. The number of carbonyl (C=O) groups excluding carboxylic acids is 1. The van der Waals surface area contributed by atoms with E-state index in [1.165, 1.54) is 12.3 Å². The normalized spacial score (nSPS) is 17.7. The van der Waals surface area contributed by atoms with Crippen LogP contribution in [0.25, 0.3) is 0 Å². The smallest absolute Gasteiger partial charge is 0.339 e. The van der Waals surface area contributed by atoms with E-state index in [0.717, 1.165) is 54.8 Å². The number of rotatable bonds is 8. The number of carboxylic acids is 1. The van der Waals surface area contributed by atoms with Crippen LogP contribution in [0.5, 0.6) is 5.75 Å². The van der Waals surface area contributed by atoms with Crippen molar-refractivity contribution in [3.8, 4) is 5.75 Å². The topological polar surface area (TPSA) is 141 Å². The lowest BCUT2D eigenvalue weighted by atomic mass is 9.87. The lowest BCUT2D eigenvalue weighted by molar-refractivity contribution is -0.125. The summed E-state index contributed by atoms with van der Waals surface area (Å²) in [7, 11) is -5.31. The van der Waals surface area contributed by atoms with E-state index in [0.29, 0.717) is 4.31 Å². The van der Waals surface area contributed by atoms with Gasteiger partial charge in [-0.3, -0.25) is 14.8 Å². The molecule has 0 radical (unpaired) electrons. The van der Waals surface area contributed by atoms with Gasteiger partial charge in [-0.05, 0) is 31.4 Å². The molecule has 0 bridgehead atoms. The molecule has 1 saturated carbocycles. The summed E-state index contributed by atoms with van der Waals surface area (Å²) in [5, 5.41) is 18.0. The number of aromatic nitrogens is 2. The van der Waals surface area contributed by atoms with E-state index in [9.17, 15) is 45.8 Å². The highest BCUT2D eigenvalue weighted by Crippen LogP contribution is 2.37. The van der Waals surface area contributed by atoms with Crippen LogP contribution in [0.15, 0.2) is 35.5 Å². The molecule has 0 spiro atoms. The highest BCUT2D eigenvalue weighted by molar-refractivity contribution is 7.89.